The van der Waals surface area contributed by atoms with Gasteiger partial charge in [-0.05, 0) is 69.7 Å². The average molecular weight is 407 g/mol. The second kappa shape index (κ2) is 8.14. The average Bonchev–Trinajstić information content (AvgIpc) is 3.24. The van der Waals surface area contributed by atoms with E-state index in [2.05, 4.69) is 27.4 Å². The molecule has 3 N–H and O–H groups in total. The van der Waals surface area contributed by atoms with Crippen molar-refractivity contribution in [3.05, 3.63) is 42.1 Å². The first kappa shape index (κ1) is 19.2. The van der Waals surface area contributed by atoms with Gasteiger partial charge >= 0.3 is 0 Å². The molecule has 7 nitrogen and oxygen atoms in total. The van der Waals surface area contributed by atoms with Gasteiger partial charge in [0, 0.05) is 35.9 Å². The Morgan fingerprint density at radius 1 is 1.13 bits per heavy atom. The summed E-state index contributed by atoms with van der Waals surface area (Å²) in [5.74, 6) is 3.01. The van der Waals surface area contributed by atoms with Gasteiger partial charge in [0.1, 0.15) is 17.4 Å². The van der Waals surface area contributed by atoms with E-state index in [0.717, 1.165) is 73.8 Å². The van der Waals surface area contributed by atoms with Crippen LogP contribution in [0.15, 0.2) is 36.5 Å². The molecule has 2 aliphatic rings. The van der Waals surface area contributed by atoms with Gasteiger partial charge in [-0.15, -0.1) is 0 Å². The monoisotopic (exact) mass is 406 g/mol. The fraction of sp³-hybridized carbons (Fsp3) is 0.478. The quantitative estimate of drug-likeness (QED) is 0.669. The molecule has 5 rings (SSSR count). The predicted octanol–water partition coefficient (Wildman–Crippen LogP) is 3.89. The Balaban J connectivity index is 1.51. The molecule has 0 spiro atoms. The van der Waals surface area contributed by atoms with Gasteiger partial charge in [0.05, 0.1) is 12.8 Å². The van der Waals surface area contributed by atoms with Crippen LogP contribution in [0.5, 0.6) is 5.75 Å². The third-order valence-electron chi connectivity index (χ3n) is 6.32. The second-order valence-electron chi connectivity index (χ2n) is 8.31. The second-order valence-corrected chi connectivity index (χ2v) is 8.31. The van der Waals surface area contributed by atoms with E-state index in [1.54, 1.807) is 0 Å². The van der Waals surface area contributed by atoms with E-state index >= 15 is 0 Å². The lowest BCUT2D eigenvalue weighted by molar-refractivity contribution is 0.340. The van der Waals surface area contributed by atoms with Gasteiger partial charge in [0.2, 0.25) is 0 Å². The number of aromatic nitrogens is 3. The van der Waals surface area contributed by atoms with E-state index < -0.39 is 0 Å². The van der Waals surface area contributed by atoms with E-state index in [9.17, 15) is 0 Å². The van der Waals surface area contributed by atoms with E-state index in [1.165, 1.54) is 5.56 Å². The standard InChI is InChI=1S/C23H30N6O/c1-2-30-19-11-7-17(8-12-19)26-23-20-4-3-15-28(18-9-5-16(24)6-10-18)22(20)27-21-13-14-25-29(21)23/h7-8,11-14,16,18,26H,2-6,9-10,15,24H2,1H3. The van der Waals surface area contributed by atoms with Crippen LogP contribution < -0.4 is 20.7 Å². The maximum Gasteiger partial charge on any atom is 0.159 e. The molecular formula is C23H30N6O. The van der Waals surface area contributed by atoms with Gasteiger partial charge in [0.25, 0.3) is 0 Å². The Labute approximate surface area is 177 Å². The van der Waals surface area contributed by atoms with Gasteiger partial charge in [-0.3, -0.25) is 0 Å². The highest BCUT2D eigenvalue weighted by Crippen LogP contribution is 2.37. The topological polar surface area (TPSA) is 80.7 Å². The fourth-order valence-electron chi connectivity index (χ4n) is 4.80. The van der Waals surface area contributed by atoms with Crippen molar-refractivity contribution in [1.82, 2.24) is 14.6 Å². The van der Waals surface area contributed by atoms with Crippen LogP contribution >= 0.6 is 0 Å². The SMILES string of the molecule is CCOc1ccc(Nc2c3c(nc4ccnn24)N(C2CCC(N)CC2)CCC3)cc1. The van der Waals surface area contributed by atoms with Crippen molar-refractivity contribution in [1.29, 1.82) is 0 Å². The molecule has 30 heavy (non-hydrogen) atoms. The first-order valence-electron chi connectivity index (χ1n) is 11.1. The van der Waals surface area contributed by atoms with Crippen LogP contribution in [0.1, 0.15) is 44.6 Å². The van der Waals surface area contributed by atoms with E-state index in [1.807, 2.05) is 35.8 Å². The maximum atomic E-state index is 6.16. The van der Waals surface area contributed by atoms with Crippen LogP contribution in [-0.2, 0) is 6.42 Å². The molecule has 0 bridgehead atoms. The van der Waals surface area contributed by atoms with Gasteiger partial charge in [-0.2, -0.15) is 9.61 Å². The zero-order chi connectivity index (χ0) is 20.5. The summed E-state index contributed by atoms with van der Waals surface area (Å²) in [6.45, 7) is 3.72. The van der Waals surface area contributed by atoms with Crippen LogP contribution in [0.4, 0.5) is 17.3 Å². The molecule has 2 aromatic heterocycles. The highest BCUT2D eigenvalue weighted by Gasteiger charge is 2.31. The lowest BCUT2D eigenvalue weighted by atomic mass is 9.89. The molecular weight excluding hydrogens is 376 g/mol. The van der Waals surface area contributed by atoms with Gasteiger partial charge < -0.3 is 20.7 Å². The van der Waals surface area contributed by atoms with Crippen LogP contribution in [-0.4, -0.2) is 39.8 Å². The molecule has 1 fully saturated rings. The highest BCUT2D eigenvalue weighted by atomic mass is 16.5. The van der Waals surface area contributed by atoms with Crippen molar-refractivity contribution >= 4 is 23.0 Å². The Hall–Kier alpha value is -2.80. The minimum absolute atomic E-state index is 0.354. The van der Waals surface area contributed by atoms with Crippen LogP contribution in [0.25, 0.3) is 5.65 Å². The zero-order valence-electron chi connectivity index (χ0n) is 17.6. The molecule has 7 heteroatoms. The summed E-state index contributed by atoms with van der Waals surface area (Å²) >= 11 is 0. The Morgan fingerprint density at radius 3 is 2.70 bits per heavy atom. The summed E-state index contributed by atoms with van der Waals surface area (Å²) in [4.78, 5) is 7.56. The molecule has 3 heterocycles. The number of anilines is 3. The molecule has 3 aromatic rings. The van der Waals surface area contributed by atoms with Crippen LogP contribution in [0.3, 0.4) is 0 Å². The zero-order valence-corrected chi connectivity index (χ0v) is 17.6. The van der Waals surface area contributed by atoms with Crippen molar-refractivity contribution in [2.45, 2.75) is 57.5 Å². The van der Waals surface area contributed by atoms with E-state index in [4.69, 9.17) is 15.5 Å². The smallest absolute Gasteiger partial charge is 0.159 e. The Kier molecular flexibility index (Phi) is 5.21. The lowest BCUT2D eigenvalue weighted by Gasteiger charge is -2.40. The summed E-state index contributed by atoms with van der Waals surface area (Å²) in [5.41, 5.74) is 9.30. The summed E-state index contributed by atoms with van der Waals surface area (Å²) < 4.78 is 7.50. The van der Waals surface area contributed by atoms with Gasteiger partial charge in [-0.25, -0.2) is 4.98 Å². The van der Waals surface area contributed by atoms with Crippen LogP contribution in [0, 0.1) is 0 Å². The number of benzene rings is 1. The summed E-state index contributed by atoms with van der Waals surface area (Å²) in [6, 6.07) is 11.0. The van der Waals surface area contributed by atoms with Crippen molar-refractivity contribution in [3.63, 3.8) is 0 Å². The molecule has 1 saturated carbocycles. The summed E-state index contributed by atoms with van der Waals surface area (Å²) in [5, 5.41) is 8.17. The number of nitrogens with one attached hydrogen (secondary N) is 1. The summed E-state index contributed by atoms with van der Waals surface area (Å²) in [6.07, 6.45) is 8.44. The minimum Gasteiger partial charge on any atom is -0.494 e. The molecule has 1 aromatic carbocycles. The molecule has 0 saturated heterocycles. The van der Waals surface area contributed by atoms with Crippen LogP contribution in [0.2, 0.25) is 0 Å². The van der Waals surface area contributed by atoms with Crippen molar-refractivity contribution in [3.8, 4) is 5.75 Å². The van der Waals surface area contributed by atoms with Gasteiger partial charge in [-0.1, -0.05) is 0 Å². The Bertz CT molecular complexity index is 1010. The lowest BCUT2D eigenvalue weighted by Crippen LogP contribution is -2.44. The number of hydrogen-bond acceptors (Lipinski definition) is 6. The number of rotatable bonds is 5. The third-order valence-corrected chi connectivity index (χ3v) is 6.32. The fourth-order valence-corrected chi connectivity index (χ4v) is 4.80. The number of hydrogen-bond donors (Lipinski definition) is 2. The van der Waals surface area contributed by atoms with Gasteiger partial charge in [0.15, 0.2) is 5.65 Å². The predicted molar refractivity (Wildman–Crippen MR) is 120 cm³/mol. The third kappa shape index (κ3) is 3.58. The number of nitrogens with two attached hydrogens (primary N) is 1. The molecule has 0 unspecified atom stereocenters. The molecule has 158 valence electrons. The van der Waals surface area contributed by atoms with E-state index in [0.29, 0.717) is 18.7 Å². The molecule has 1 aliphatic carbocycles. The summed E-state index contributed by atoms with van der Waals surface area (Å²) in [7, 11) is 0. The van der Waals surface area contributed by atoms with Crippen molar-refractivity contribution in [2.24, 2.45) is 5.73 Å². The molecule has 1 aliphatic heterocycles. The first-order valence-corrected chi connectivity index (χ1v) is 11.1. The first-order chi connectivity index (χ1) is 14.7. The van der Waals surface area contributed by atoms with Crippen molar-refractivity contribution in [2.75, 3.05) is 23.4 Å². The number of nitrogens with zero attached hydrogens (tertiary/aromatic N) is 4. The Morgan fingerprint density at radius 2 is 1.93 bits per heavy atom. The van der Waals surface area contributed by atoms with Crippen molar-refractivity contribution < 1.29 is 4.74 Å². The van der Waals surface area contributed by atoms with E-state index in [-0.39, 0.29) is 0 Å². The molecule has 0 radical (unpaired) electrons. The molecule has 0 amide bonds. The minimum atomic E-state index is 0.354. The largest absolute Gasteiger partial charge is 0.494 e. The normalized spacial score (nSPS) is 21.5. The number of fused-ring (bicyclic) bond motifs is 2. The highest BCUT2D eigenvalue weighted by molar-refractivity contribution is 5.71. The molecule has 0 atom stereocenters. The number of ether oxygens (including phenoxy) is 1. The maximum absolute atomic E-state index is 6.16.